The summed E-state index contributed by atoms with van der Waals surface area (Å²) in [7, 11) is 0. The lowest BCUT2D eigenvalue weighted by Gasteiger charge is -2.24. The molecule has 4 rings (SSSR count). The summed E-state index contributed by atoms with van der Waals surface area (Å²) >= 11 is 0. The van der Waals surface area contributed by atoms with Gasteiger partial charge in [0.1, 0.15) is 0 Å². The van der Waals surface area contributed by atoms with Gasteiger partial charge in [0.05, 0.1) is 0 Å². The molecule has 2 aromatic rings. The van der Waals surface area contributed by atoms with Crippen molar-refractivity contribution in [3.8, 4) is 0 Å². The van der Waals surface area contributed by atoms with Crippen molar-refractivity contribution in [2.75, 3.05) is 0 Å². The Kier molecular flexibility index (Phi) is 2.67. The minimum absolute atomic E-state index is 0.318. The zero-order chi connectivity index (χ0) is 13.4. The fourth-order valence-electron chi connectivity index (χ4n) is 3.04. The zero-order valence-electron chi connectivity index (χ0n) is 11.1. The number of hydrogen-bond acceptors (Lipinski definition) is 0. The van der Waals surface area contributed by atoms with Crippen molar-refractivity contribution in [2.45, 2.75) is 5.92 Å². The summed E-state index contributed by atoms with van der Waals surface area (Å²) in [4.78, 5) is 0. The Morgan fingerprint density at radius 1 is 0.950 bits per heavy atom. The average molecular weight is 254 g/mol. The van der Waals surface area contributed by atoms with E-state index in [4.69, 9.17) is 0 Å². The van der Waals surface area contributed by atoms with Crippen LogP contribution in [0.2, 0.25) is 0 Å². The molecule has 2 aliphatic rings. The van der Waals surface area contributed by atoms with Gasteiger partial charge >= 0.3 is 0 Å². The van der Waals surface area contributed by atoms with Gasteiger partial charge in [0.15, 0.2) is 0 Å². The third-order valence-electron chi connectivity index (χ3n) is 4.00. The molecule has 2 radical (unpaired) electrons. The van der Waals surface area contributed by atoms with Crippen LogP contribution in [0.25, 0.3) is 10.8 Å². The first-order valence-electron chi connectivity index (χ1n) is 6.93. The van der Waals surface area contributed by atoms with E-state index in [1.165, 1.54) is 27.5 Å². The van der Waals surface area contributed by atoms with E-state index in [0.29, 0.717) is 5.92 Å². The topological polar surface area (TPSA) is 0 Å². The van der Waals surface area contributed by atoms with Crippen molar-refractivity contribution in [3.05, 3.63) is 102 Å². The largest absolute Gasteiger partial charge is 0.0726 e. The molecule has 2 aromatic carbocycles. The summed E-state index contributed by atoms with van der Waals surface area (Å²) in [5.41, 5.74) is 4.00. The molecule has 0 nitrogen and oxygen atoms in total. The summed E-state index contributed by atoms with van der Waals surface area (Å²) in [6.07, 6.45) is 16.1. The van der Waals surface area contributed by atoms with Gasteiger partial charge in [-0.3, -0.25) is 0 Å². The molecule has 0 aliphatic heterocycles. The molecule has 20 heavy (non-hydrogen) atoms. The minimum Gasteiger partial charge on any atom is -0.0726 e. The van der Waals surface area contributed by atoms with E-state index in [-0.39, 0.29) is 0 Å². The fraction of sp³-hybridized carbons (Fsp3) is 0.0500. The van der Waals surface area contributed by atoms with Gasteiger partial charge in [-0.15, -0.1) is 0 Å². The van der Waals surface area contributed by atoms with Crippen LogP contribution >= 0.6 is 0 Å². The summed E-state index contributed by atoms with van der Waals surface area (Å²) in [6.45, 7) is 0. The Morgan fingerprint density at radius 2 is 1.85 bits per heavy atom. The molecular weight excluding hydrogens is 240 g/mol. The monoisotopic (exact) mass is 254 g/mol. The van der Waals surface area contributed by atoms with Gasteiger partial charge in [-0.25, -0.2) is 0 Å². The third kappa shape index (κ3) is 1.77. The Labute approximate surface area is 119 Å². The molecule has 1 unspecified atom stereocenters. The summed E-state index contributed by atoms with van der Waals surface area (Å²) in [6, 6.07) is 15.2. The van der Waals surface area contributed by atoms with Crippen LogP contribution in [0.1, 0.15) is 11.5 Å². The molecule has 1 atom stereocenters. The Hall–Kier alpha value is -2.34. The van der Waals surface area contributed by atoms with Crippen molar-refractivity contribution < 1.29 is 0 Å². The molecule has 0 heterocycles. The molecule has 0 heteroatoms. The maximum Gasteiger partial charge on any atom is 0.0347 e. The van der Waals surface area contributed by atoms with E-state index in [1.54, 1.807) is 0 Å². The van der Waals surface area contributed by atoms with E-state index in [1.807, 2.05) is 6.08 Å². The van der Waals surface area contributed by atoms with Crippen molar-refractivity contribution >= 4 is 10.8 Å². The second kappa shape index (κ2) is 4.64. The Balaban J connectivity index is 1.90. The molecule has 0 bridgehead atoms. The second-order valence-electron chi connectivity index (χ2n) is 5.15. The van der Waals surface area contributed by atoms with Crippen molar-refractivity contribution in [3.63, 3.8) is 0 Å². The van der Waals surface area contributed by atoms with Gasteiger partial charge in [0.2, 0.25) is 0 Å². The fourth-order valence-corrected chi connectivity index (χ4v) is 3.04. The average Bonchev–Trinajstić information content (AvgIpc) is 2.54. The number of rotatable bonds is 1. The van der Waals surface area contributed by atoms with Crippen LogP contribution in [-0.2, 0) is 0 Å². The van der Waals surface area contributed by atoms with Gasteiger partial charge in [0, 0.05) is 12.3 Å². The number of benzene rings is 2. The summed E-state index contributed by atoms with van der Waals surface area (Å²) < 4.78 is 0. The molecule has 0 spiro atoms. The van der Waals surface area contributed by atoms with Crippen molar-refractivity contribution in [1.29, 1.82) is 0 Å². The molecule has 0 saturated heterocycles. The van der Waals surface area contributed by atoms with E-state index in [0.717, 1.165) is 0 Å². The smallest absolute Gasteiger partial charge is 0.0347 e. The van der Waals surface area contributed by atoms with Crippen LogP contribution < -0.4 is 0 Å². The van der Waals surface area contributed by atoms with Gasteiger partial charge in [-0.2, -0.15) is 0 Å². The van der Waals surface area contributed by atoms with Crippen LogP contribution in [0.15, 0.2) is 90.1 Å². The molecule has 0 aromatic heterocycles. The molecular formula is C20H14. The lowest BCUT2D eigenvalue weighted by molar-refractivity contribution is 1.00. The van der Waals surface area contributed by atoms with Crippen LogP contribution in [-0.4, -0.2) is 0 Å². The highest BCUT2D eigenvalue weighted by Crippen LogP contribution is 2.39. The van der Waals surface area contributed by atoms with E-state index < -0.39 is 0 Å². The lowest BCUT2D eigenvalue weighted by atomic mass is 9.79. The van der Waals surface area contributed by atoms with Crippen LogP contribution in [0, 0.1) is 6.42 Å². The SMILES string of the molecule is [C]1C=CC2=CC=CC(c3cccc4ccccc34)C2=C1. The molecule has 0 amide bonds. The second-order valence-corrected chi connectivity index (χ2v) is 5.15. The number of hydrogen-bond donors (Lipinski definition) is 0. The first-order valence-corrected chi connectivity index (χ1v) is 6.93. The number of fused-ring (bicyclic) bond motifs is 2. The lowest BCUT2D eigenvalue weighted by Crippen LogP contribution is -2.07. The third-order valence-corrected chi connectivity index (χ3v) is 4.00. The first-order chi connectivity index (χ1) is 9.93. The van der Waals surface area contributed by atoms with Crippen molar-refractivity contribution in [2.24, 2.45) is 0 Å². The molecule has 0 saturated carbocycles. The normalized spacial score (nSPS) is 20.5. The van der Waals surface area contributed by atoms with Gasteiger partial charge in [-0.1, -0.05) is 78.9 Å². The maximum absolute atomic E-state index is 3.21. The van der Waals surface area contributed by atoms with E-state index in [2.05, 4.69) is 79.3 Å². The molecule has 2 aliphatic carbocycles. The molecule has 94 valence electrons. The van der Waals surface area contributed by atoms with Gasteiger partial charge in [0.25, 0.3) is 0 Å². The minimum atomic E-state index is 0.318. The molecule has 0 fully saturated rings. The highest BCUT2D eigenvalue weighted by atomic mass is 14.2. The quantitative estimate of drug-likeness (QED) is 0.672. The van der Waals surface area contributed by atoms with Gasteiger partial charge < -0.3 is 0 Å². The predicted molar refractivity (Wildman–Crippen MR) is 84.4 cm³/mol. The first kappa shape index (κ1) is 11.5. The van der Waals surface area contributed by atoms with Gasteiger partial charge in [-0.05, 0) is 27.5 Å². The zero-order valence-corrected chi connectivity index (χ0v) is 11.1. The highest BCUT2D eigenvalue weighted by molar-refractivity contribution is 5.87. The van der Waals surface area contributed by atoms with Crippen LogP contribution in [0.4, 0.5) is 0 Å². The standard InChI is InChI=1S/C20H14/c1-3-11-17-15(7-1)9-5-13-19(17)20-14-6-10-16-8-2-4-12-18(16)20/h1-3,5-14,20H. The van der Waals surface area contributed by atoms with Crippen LogP contribution in [0.5, 0.6) is 0 Å². The molecule has 0 N–H and O–H groups in total. The highest BCUT2D eigenvalue weighted by Gasteiger charge is 2.21. The van der Waals surface area contributed by atoms with E-state index in [9.17, 15) is 0 Å². The Bertz CT molecular complexity index is 779. The van der Waals surface area contributed by atoms with Crippen LogP contribution in [0.3, 0.4) is 0 Å². The number of allylic oxidation sites excluding steroid dienone is 8. The van der Waals surface area contributed by atoms with E-state index >= 15 is 0 Å². The summed E-state index contributed by atoms with van der Waals surface area (Å²) in [5.74, 6) is 0.318. The Morgan fingerprint density at radius 3 is 2.85 bits per heavy atom. The maximum atomic E-state index is 3.21. The summed E-state index contributed by atoms with van der Waals surface area (Å²) in [5, 5.41) is 2.63. The van der Waals surface area contributed by atoms with Crippen molar-refractivity contribution in [1.82, 2.24) is 0 Å². The predicted octanol–water partition coefficient (Wildman–Crippen LogP) is 5.00.